The molecule has 0 bridgehead atoms. The molecule has 1 aliphatic heterocycles. The first kappa shape index (κ1) is 13.0. The number of hydrogen-bond donors (Lipinski definition) is 1. The molecule has 1 aromatic heterocycles. The summed E-state index contributed by atoms with van der Waals surface area (Å²) in [6, 6.07) is 1.60. The molecule has 2 atom stereocenters. The summed E-state index contributed by atoms with van der Waals surface area (Å²) in [5.74, 6) is -1.52. The molecule has 1 saturated heterocycles. The minimum atomic E-state index is -0.845. The summed E-state index contributed by atoms with van der Waals surface area (Å²) in [5, 5.41) is 9.55. The average molecular weight is 271 g/mol. The minimum Gasteiger partial charge on any atom is -0.481 e. The van der Waals surface area contributed by atoms with E-state index in [0.29, 0.717) is 17.3 Å². The predicted octanol–water partition coefficient (Wildman–Crippen LogP) is 1.47. The van der Waals surface area contributed by atoms with Gasteiger partial charge in [-0.2, -0.15) is 0 Å². The summed E-state index contributed by atoms with van der Waals surface area (Å²) in [7, 11) is 1.74. The van der Waals surface area contributed by atoms with E-state index in [1.54, 1.807) is 28.8 Å². The van der Waals surface area contributed by atoms with E-state index in [-0.39, 0.29) is 18.4 Å². The first-order chi connectivity index (χ1) is 8.40. The summed E-state index contributed by atoms with van der Waals surface area (Å²) in [6.07, 6.45) is 1.66. The number of carbonyl (C=O) groups is 2. The van der Waals surface area contributed by atoms with Gasteiger partial charge in [-0.15, -0.1) is 0 Å². The van der Waals surface area contributed by atoms with Gasteiger partial charge in [-0.3, -0.25) is 9.59 Å². The summed E-state index contributed by atoms with van der Waals surface area (Å²) in [4.78, 5) is 24.9. The van der Waals surface area contributed by atoms with E-state index in [1.165, 1.54) is 0 Å². The van der Waals surface area contributed by atoms with E-state index in [1.807, 2.05) is 6.92 Å². The van der Waals surface area contributed by atoms with Crippen LogP contribution in [0.4, 0.5) is 0 Å². The average Bonchev–Trinajstić information content (AvgIpc) is 2.81. The van der Waals surface area contributed by atoms with Gasteiger partial charge in [0, 0.05) is 26.3 Å². The van der Waals surface area contributed by atoms with Crippen molar-refractivity contribution >= 4 is 23.5 Å². The maximum Gasteiger partial charge on any atom is 0.308 e. The molecule has 6 heteroatoms. The lowest BCUT2D eigenvalue weighted by Gasteiger charge is -2.16. The third kappa shape index (κ3) is 2.22. The van der Waals surface area contributed by atoms with Gasteiger partial charge in [-0.1, -0.05) is 18.5 Å². The van der Waals surface area contributed by atoms with Gasteiger partial charge in [0.1, 0.15) is 5.69 Å². The lowest BCUT2D eigenvalue weighted by molar-refractivity contribution is -0.142. The van der Waals surface area contributed by atoms with Crippen molar-refractivity contribution in [3.05, 3.63) is 23.0 Å². The fraction of sp³-hybridized carbons (Fsp3) is 0.500. The normalized spacial score (nSPS) is 23.4. The molecule has 1 aliphatic rings. The van der Waals surface area contributed by atoms with Crippen molar-refractivity contribution in [2.45, 2.75) is 6.92 Å². The molecule has 2 unspecified atom stereocenters. The van der Waals surface area contributed by atoms with Crippen LogP contribution in [0.1, 0.15) is 17.4 Å². The Labute approximate surface area is 110 Å². The number of aryl methyl sites for hydroxylation is 1. The van der Waals surface area contributed by atoms with E-state index >= 15 is 0 Å². The van der Waals surface area contributed by atoms with Crippen molar-refractivity contribution in [1.29, 1.82) is 0 Å². The van der Waals surface area contributed by atoms with E-state index in [4.69, 9.17) is 16.7 Å². The van der Waals surface area contributed by atoms with Gasteiger partial charge < -0.3 is 14.6 Å². The van der Waals surface area contributed by atoms with Crippen LogP contribution in [-0.2, 0) is 11.8 Å². The summed E-state index contributed by atoms with van der Waals surface area (Å²) in [5.41, 5.74) is 0.484. The second kappa shape index (κ2) is 4.65. The molecular weight excluding hydrogens is 256 g/mol. The third-order valence-corrected chi connectivity index (χ3v) is 3.61. The summed E-state index contributed by atoms with van der Waals surface area (Å²) >= 11 is 5.84. The first-order valence-electron chi connectivity index (χ1n) is 5.74. The number of hydrogen-bond acceptors (Lipinski definition) is 2. The van der Waals surface area contributed by atoms with Gasteiger partial charge in [0.25, 0.3) is 5.91 Å². The Morgan fingerprint density at radius 3 is 2.56 bits per heavy atom. The third-order valence-electron chi connectivity index (χ3n) is 3.41. The van der Waals surface area contributed by atoms with E-state index in [0.717, 1.165) is 0 Å². The zero-order valence-electron chi connectivity index (χ0n) is 10.3. The van der Waals surface area contributed by atoms with Crippen LogP contribution in [0, 0.1) is 11.8 Å². The van der Waals surface area contributed by atoms with Crippen LogP contribution in [0.25, 0.3) is 0 Å². The molecule has 98 valence electrons. The van der Waals surface area contributed by atoms with Gasteiger partial charge in [0.05, 0.1) is 10.9 Å². The largest absolute Gasteiger partial charge is 0.481 e. The molecule has 2 heterocycles. The smallest absolute Gasteiger partial charge is 0.308 e. The van der Waals surface area contributed by atoms with Crippen LogP contribution >= 0.6 is 11.6 Å². The summed E-state index contributed by atoms with van der Waals surface area (Å²) in [6.45, 7) is 2.58. The lowest BCUT2D eigenvalue weighted by Crippen LogP contribution is -2.31. The highest BCUT2D eigenvalue weighted by Gasteiger charge is 2.37. The Kier molecular flexibility index (Phi) is 3.34. The van der Waals surface area contributed by atoms with Crippen molar-refractivity contribution in [1.82, 2.24) is 9.47 Å². The molecule has 0 saturated carbocycles. The minimum absolute atomic E-state index is 0.0257. The Hall–Kier alpha value is -1.49. The van der Waals surface area contributed by atoms with Gasteiger partial charge in [0.2, 0.25) is 0 Å². The number of halogens is 1. The highest BCUT2D eigenvalue weighted by atomic mass is 35.5. The Morgan fingerprint density at radius 1 is 1.44 bits per heavy atom. The molecule has 5 nitrogen and oxygen atoms in total. The van der Waals surface area contributed by atoms with E-state index < -0.39 is 11.9 Å². The second-order valence-electron chi connectivity index (χ2n) is 4.79. The van der Waals surface area contributed by atoms with Crippen LogP contribution < -0.4 is 0 Å². The molecule has 2 rings (SSSR count). The van der Waals surface area contributed by atoms with Crippen molar-refractivity contribution in [2.75, 3.05) is 13.1 Å². The Balaban J connectivity index is 2.17. The van der Waals surface area contributed by atoms with Gasteiger partial charge in [-0.05, 0) is 12.0 Å². The fourth-order valence-corrected chi connectivity index (χ4v) is 2.60. The Bertz CT molecular complexity index is 498. The number of carboxylic acids is 1. The van der Waals surface area contributed by atoms with Crippen molar-refractivity contribution in [3.63, 3.8) is 0 Å². The highest BCUT2D eigenvalue weighted by molar-refractivity contribution is 6.31. The molecule has 1 amide bonds. The number of nitrogens with zero attached hydrogens (tertiary/aromatic N) is 2. The molecule has 0 spiro atoms. The molecule has 1 aromatic rings. The van der Waals surface area contributed by atoms with Crippen molar-refractivity contribution in [3.8, 4) is 0 Å². The molecule has 0 aromatic carbocycles. The van der Waals surface area contributed by atoms with E-state index in [2.05, 4.69) is 0 Å². The van der Waals surface area contributed by atoms with Gasteiger partial charge >= 0.3 is 5.97 Å². The van der Waals surface area contributed by atoms with Gasteiger partial charge in [-0.25, -0.2) is 0 Å². The van der Waals surface area contributed by atoms with E-state index in [9.17, 15) is 9.59 Å². The quantitative estimate of drug-likeness (QED) is 0.885. The number of aromatic nitrogens is 1. The lowest BCUT2D eigenvalue weighted by atomic mass is 9.99. The van der Waals surface area contributed by atoms with Crippen molar-refractivity contribution in [2.24, 2.45) is 18.9 Å². The number of aliphatic carboxylic acids is 1. The van der Waals surface area contributed by atoms with Crippen LogP contribution in [0.3, 0.4) is 0 Å². The Morgan fingerprint density at radius 2 is 2.11 bits per heavy atom. The van der Waals surface area contributed by atoms with Crippen molar-refractivity contribution < 1.29 is 14.7 Å². The first-order valence-corrected chi connectivity index (χ1v) is 6.12. The van der Waals surface area contributed by atoms with Crippen LogP contribution in [0.5, 0.6) is 0 Å². The standard InChI is InChI=1S/C12H15ClN2O3/c1-7-4-15(6-9(7)12(17)18)11(16)10-3-8(13)5-14(10)2/h3,5,7,9H,4,6H2,1-2H3,(H,17,18). The highest BCUT2D eigenvalue weighted by Crippen LogP contribution is 2.25. The summed E-state index contributed by atoms with van der Waals surface area (Å²) < 4.78 is 1.66. The molecule has 1 N–H and O–H groups in total. The predicted molar refractivity (Wildman–Crippen MR) is 66.6 cm³/mol. The van der Waals surface area contributed by atoms with Crippen LogP contribution in [0.15, 0.2) is 12.3 Å². The fourth-order valence-electron chi connectivity index (χ4n) is 2.35. The topological polar surface area (TPSA) is 62.5 Å². The number of amides is 1. The van der Waals surface area contributed by atoms with Crippen LogP contribution in [-0.4, -0.2) is 39.5 Å². The SMILES string of the molecule is CC1CN(C(=O)c2cc(Cl)cn2C)CC1C(=O)O. The molecule has 0 radical (unpaired) electrons. The number of rotatable bonds is 2. The molecule has 18 heavy (non-hydrogen) atoms. The monoisotopic (exact) mass is 270 g/mol. The van der Waals surface area contributed by atoms with Crippen LogP contribution in [0.2, 0.25) is 5.02 Å². The zero-order chi connectivity index (χ0) is 13.4. The number of carbonyl (C=O) groups excluding carboxylic acids is 1. The second-order valence-corrected chi connectivity index (χ2v) is 5.22. The molecule has 1 fully saturated rings. The zero-order valence-corrected chi connectivity index (χ0v) is 11.0. The number of carboxylic acid groups (broad SMARTS) is 1. The molecule has 0 aliphatic carbocycles. The van der Waals surface area contributed by atoms with Gasteiger partial charge in [0.15, 0.2) is 0 Å². The maximum atomic E-state index is 12.2. The maximum absolute atomic E-state index is 12.2. The number of likely N-dealkylation sites (tertiary alicyclic amines) is 1. The molecular formula is C12H15ClN2O3.